The lowest BCUT2D eigenvalue weighted by molar-refractivity contribution is 0.0671. The number of carbonyl (C=O) groups excluding carboxylic acids is 1. The van der Waals surface area contributed by atoms with Crippen LogP contribution in [0.4, 0.5) is 0 Å². The van der Waals surface area contributed by atoms with E-state index in [-0.39, 0.29) is 11.9 Å². The molecule has 0 saturated heterocycles. The second kappa shape index (κ2) is 6.56. The number of amides is 1. The first-order chi connectivity index (χ1) is 13.7. The topological polar surface area (TPSA) is 81.2 Å². The Kier molecular flexibility index (Phi) is 3.89. The molecule has 28 heavy (non-hydrogen) atoms. The van der Waals surface area contributed by atoms with Crippen LogP contribution in [0.1, 0.15) is 40.7 Å². The van der Waals surface area contributed by atoms with E-state index >= 15 is 0 Å². The second-order valence-corrected chi connectivity index (χ2v) is 7.04. The van der Waals surface area contributed by atoms with E-state index in [1.807, 2.05) is 30.3 Å². The van der Waals surface area contributed by atoms with E-state index in [2.05, 4.69) is 43.9 Å². The normalized spacial score (nSPS) is 16.3. The molecule has 1 aliphatic rings. The summed E-state index contributed by atoms with van der Waals surface area (Å²) in [5, 5.41) is 12.9. The number of hydrogen-bond donors (Lipinski definition) is 0. The van der Waals surface area contributed by atoms with Crippen molar-refractivity contribution in [2.24, 2.45) is 0 Å². The highest BCUT2D eigenvalue weighted by Crippen LogP contribution is 2.24. The molecule has 3 aromatic heterocycles. The van der Waals surface area contributed by atoms with Crippen molar-refractivity contribution in [3.8, 4) is 0 Å². The number of aromatic nitrogens is 6. The first-order valence-electron chi connectivity index (χ1n) is 9.25. The van der Waals surface area contributed by atoms with Crippen molar-refractivity contribution in [2.45, 2.75) is 25.9 Å². The smallest absolute Gasteiger partial charge is 0.273 e. The Labute approximate surface area is 161 Å². The summed E-state index contributed by atoms with van der Waals surface area (Å²) in [6, 6.07) is 15.7. The van der Waals surface area contributed by atoms with Crippen LogP contribution in [-0.4, -0.2) is 46.7 Å². The molecular formula is C20H19N7O. The van der Waals surface area contributed by atoms with Crippen LogP contribution in [-0.2, 0) is 13.0 Å². The molecule has 1 atom stereocenters. The molecule has 1 amide bonds. The van der Waals surface area contributed by atoms with Gasteiger partial charge in [0.2, 0.25) is 0 Å². The highest BCUT2D eigenvalue weighted by Gasteiger charge is 2.30. The van der Waals surface area contributed by atoms with Crippen LogP contribution in [0.3, 0.4) is 0 Å². The summed E-state index contributed by atoms with van der Waals surface area (Å²) in [6.45, 7) is 3.11. The van der Waals surface area contributed by atoms with E-state index in [0.717, 1.165) is 18.1 Å². The Bertz CT molecular complexity index is 1150. The van der Waals surface area contributed by atoms with Gasteiger partial charge in [-0.15, -0.1) is 10.2 Å². The minimum atomic E-state index is -0.0817. The maximum atomic E-state index is 13.1. The van der Waals surface area contributed by atoms with Gasteiger partial charge in [0.15, 0.2) is 11.5 Å². The van der Waals surface area contributed by atoms with Crippen LogP contribution < -0.4 is 0 Å². The summed E-state index contributed by atoms with van der Waals surface area (Å²) in [5.41, 5.74) is 2.35. The Hall–Kier alpha value is -3.55. The zero-order valence-electron chi connectivity index (χ0n) is 15.4. The van der Waals surface area contributed by atoms with E-state index in [1.54, 1.807) is 15.5 Å². The van der Waals surface area contributed by atoms with E-state index in [0.29, 0.717) is 24.4 Å². The summed E-state index contributed by atoms with van der Waals surface area (Å²) in [5.74, 6) is 1.66. The molecule has 8 nitrogen and oxygen atoms in total. The summed E-state index contributed by atoms with van der Waals surface area (Å²) < 4.78 is 3.74. The summed E-state index contributed by atoms with van der Waals surface area (Å²) in [7, 11) is 0. The number of rotatable bonds is 3. The van der Waals surface area contributed by atoms with Crippen molar-refractivity contribution in [3.63, 3.8) is 0 Å². The third-order valence-corrected chi connectivity index (χ3v) is 5.11. The van der Waals surface area contributed by atoms with Gasteiger partial charge >= 0.3 is 0 Å². The molecule has 0 N–H and O–H groups in total. The standard InChI is InChI=1S/C20H19N7O/c1-14-11-25(20(28)16-8-5-9-17-21-13-22-27(16)17)12-19-24-23-18(26(14)19)10-15-6-3-2-4-7-15/h2-9,13-14H,10-12H2,1H3/t14-/m0/s1. The molecule has 5 rings (SSSR count). The third-order valence-electron chi connectivity index (χ3n) is 5.11. The zero-order chi connectivity index (χ0) is 19.1. The highest BCUT2D eigenvalue weighted by atomic mass is 16.2. The molecule has 0 radical (unpaired) electrons. The maximum absolute atomic E-state index is 13.1. The predicted octanol–water partition coefficient (Wildman–Crippen LogP) is 2.13. The highest BCUT2D eigenvalue weighted by molar-refractivity contribution is 5.93. The summed E-state index contributed by atoms with van der Waals surface area (Å²) >= 11 is 0. The van der Waals surface area contributed by atoms with Crippen molar-refractivity contribution in [1.29, 1.82) is 0 Å². The number of hydrogen-bond acceptors (Lipinski definition) is 5. The van der Waals surface area contributed by atoms with E-state index in [9.17, 15) is 4.79 Å². The molecule has 0 saturated carbocycles. The molecule has 4 heterocycles. The molecule has 1 aromatic carbocycles. The van der Waals surface area contributed by atoms with E-state index < -0.39 is 0 Å². The van der Waals surface area contributed by atoms with Crippen LogP contribution >= 0.6 is 0 Å². The van der Waals surface area contributed by atoms with E-state index in [4.69, 9.17) is 0 Å². The van der Waals surface area contributed by atoms with Crippen LogP contribution in [0.15, 0.2) is 54.9 Å². The number of pyridine rings is 1. The Morgan fingerprint density at radius 1 is 1.11 bits per heavy atom. The van der Waals surface area contributed by atoms with Gasteiger partial charge in [0.05, 0.1) is 12.6 Å². The average molecular weight is 373 g/mol. The molecule has 0 unspecified atom stereocenters. The van der Waals surface area contributed by atoms with Crippen LogP contribution in [0.2, 0.25) is 0 Å². The number of nitrogens with zero attached hydrogens (tertiary/aromatic N) is 7. The lowest BCUT2D eigenvalue weighted by Crippen LogP contribution is -2.41. The van der Waals surface area contributed by atoms with Gasteiger partial charge in [0.25, 0.3) is 5.91 Å². The Morgan fingerprint density at radius 3 is 2.82 bits per heavy atom. The largest absolute Gasteiger partial charge is 0.328 e. The van der Waals surface area contributed by atoms with Crippen molar-refractivity contribution in [2.75, 3.05) is 6.54 Å². The van der Waals surface area contributed by atoms with Gasteiger partial charge in [0, 0.05) is 13.0 Å². The minimum absolute atomic E-state index is 0.0817. The lowest BCUT2D eigenvalue weighted by atomic mass is 10.1. The van der Waals surface area contributed by atoms with Crippen molar-refractivity contribution in [1.82, 2.24) is 34.3 Å². The first kappa shape index (κ1) is 16.6. The third kappa shape index (κ3) is 2.74. The van der Waals surface area contributed by atoms with Crippen molar-refractivity contribution >= 4 is 11.6 Å². The zero-order valence-corrected chi connectivity index (χ0v) is 15.4. The summed E-state index contributed by atoms with van der Waals surface area (Å²) in [4.78, 5) is 19.1. The Morgan fingerprint density at radius 2 is 1.96 bits per heavy atom. The number of benzene rings is 1. The lowest BCUT2D eigenvalue weighted by Gasteiger charge is -2.32. The predicted molar refractivity (Wildman–Crippen MR) is 102 cm³/mol. The van der Waals surface area contributed by atoms with Crippen LogP contribution in [0.5, 0.6) is 0 Å². The van der Waals surface area contributed by atoms with Crippen LogP contribution in [0.25, 0.3) is 5.65 Å². The van der Waals surface area contributed by atoms with Gasteiger partial charge in [-0.05, 0) is 24.6 Å². The number of carbonyl (C=O) groups is 1. The van der Waals surface area contributed by atoms with Crippen molar-refractivity contribution < 1.29 is 4.79 Å². The fourth-order valence-electron chi connectivity index (χ4n) is 3.84. The Balaban J connectivity index is 1.43. The molecular weight excluding hydrogens is 354 g/mol. The van der Waals surface area contributed by atoms with Gasteiger partial charge < -0.3 is 9.47 Å². The molecule has 4 aromatic rings. The van der Waals surface area contributed by atoms with Gasteiger partial charge in [0.1, 0.15) is 17.8 Å². The molecule has 0 spiro atoms. The summed E-state index contributed by atoms with van der Waals surface area (Å²) in [6.07, 6.45) is 2.18. The average Bonchev–Trinajstić information content (AvgIpc) is 3.35. The van der Waals surface area contributed by atoms with Crippen LogP contribution in [0, 0.1) is 0 Å². The van der Waals surface area contributed by atoms with Gasteiger partial charge in [-0.2, -0.15) is 5.10 Å². The molecule has 1 aliphatic heterocycles. The monoisotopic (exact) mass is 373 g/mol. The first-order valence-corrected chi connectivity index (χ1v) is 9.25. The van der Waals surface area contributed by atoms with E-state index in [1.165, 1.54) is 11.9 Å². The van der Waals surface area contributed by atoms with Gasteiger partial charge in [-0.1, -0.05) is 36.4 Å². The maximum Gasteiger partial charge on any atom is 0.273 e. The molecule has 0 fully saturated rings. The van der Waals surface area contributed by atoms with Gasteiger partial charge in [-0.25, -0.2) is 9.50 Å². The minimum Gasteiger partial charge on any atom is -0.328 e. The van der Waals surface area contributed by atoms with Gasteiger partial charge in [-0.3, -0.25) is 4.79 Å². The molecule has 0 aliphatic carbocycles. The second-order valence-electron chi connectivity index (χ2n) is 7.04. The molecule has 140 valence electrons. The number of fused-ring (bicyclic) bond motifs is 2. The SMILES string of the molecule is C[C@H]1CN(C(=O)c2cccc3ncnn23)Cc2nnc(Cc3ccccc3)n21. The molecule has 8 heteroatoms. The van der Waals surface area contributed by atoms with Crippen molar-refractivity contribution in [3.05, 3.63) is 77.8 Å². The molecule has 0 bridgehead atoms. The fraction of sp³-hybridized carbons (Fsp3) is 0.250. The fourth-order valence-corrected chi connectivity index (χ4v) is 3.84. The quantitative estimate of drug-likeness (QED) is 0.549.